The van der Waals surface area contributed by atoms with Crippen molar-refractivity contribution in [3.63, 3.8) is 0 Å². The van der Waals surface area contributed by atoms with Crippen molar-refractivity contribution in [1.82, 2.24) is 0 Å². The summed E-state index contributed by atoms with van der Waals surface area (Å²) in [5.74, 6) is 2.94. The molecule has 0 aliphatic heterocycles. The van der Waals surface area contributed by atoms with Gasteiger partial charge in [-0.1, -0.05) is 465 Å². The average molecular weight is 1690 g/mol. The van der Waals surface area contributed by atoms with Crippen LogP contribution in [0.25, 0.3) is 32.3 Å². The molecule has 4 rings (SSSR count). The number of benzene rings is 4. The Morgan fingerprint density at radius 3 is 0.298 bits per heavy atom. The van der Waals surface area contributed by atoms with Crippen molar-refractivity contribution >= 4 is 97.1 Å². The fourth-order valence-corrected chi connectivity index (χ4v) is 26.2. The number of unbranched alkanes of at least 4 members (excludes halogenated alkanes) is 66. The molecule has 114 heavy (non-hydrogen) atoms. The van der Waals surface area contributed by atoms with Crippen molar-refractivity contribution in [2.75, 3.05) is 34.5 Å². The zero-order valence-electron chi connectivity index (χ0n) is 75.5. The van der Waals surface area contributed by atoms with Gasteiger partial charge in [0.1, 0.15) is 0 Å². The predicted molar refractivity (Wildman–Crippen MR) is 513 cm³/mol. The summed E-state index contributed by atoms with van der Waals surface area (Å²) in [5.41, 5.74) is 0. The second-order valence-corrected chi connectivity index (χ2v) is 44.4. The van der Waals surface area contributed by atoms with E-state index in [2.05, 4.69) is 77.9 Å². The zero-order chi connectivity index (χ0) is 81.8. The minimum Gasteiger partial charge on any atom is -0.254 e. The Bertz CT molecular complexity index is 2600. The highest BCUT2D eigenvalue weighted by Crippen LogP contribution is 2.43. The summed E-state index contributed by atoms with van der Waals surface area (Å²) >= 11 is 0. The number of rotatable bonds is 84. The lowest BCUT2D eigenvalue weighted by Gasteiger charge is -2.20. The minimum atomic E-state index is -1.46. The van der Waals surface area contributed by atoms with Crippen LogP contribution in [0, 0.1) is 0 Å². The van der Waals surface area contributed by atoms with E-state index in [1.54, 1.807) is 0 Å². The molecular weight excluding hydrogens is 1510 g/mol. The second kappa shape index (κ2) is 73.1. The molecule has 0 saturated heterocycles. The Balaban J connectivity index is 1.90. The van der Waals surface area contributed by atoms with Crippen LogP contribution in [0.1, 0.15) is 504 Å². The van der Waals surface area contributed by atoms with Gasteiger partial charge < -0.3 is 0 Å². The van der Waals surface area contributed by atoms with E-state index in [0.29, 0.717) is 63.9 Å². The van der Waals surface area contributed by atoms with Crippen LogP contribution in [0.15, 0.2) is 65.8 Å². The average Bonchev–Trinajstić information content (AvgIpc) is 0.718. The van der Waals surface area contributed by atoms with Crippen LogP contribution < -0.4 is 0 Å². The molecular formula is C102H180O6S6. The number of hydrogen-bond acceptors (Lipinski definition) is 6. The molecule has 0 spiro atoms. The Kier molecular flexibility index (Phi) is 67.3. The van der Waals surface area contributed by atoms with E-state index in [4.69, 9.17) is 0 Å². The fourth-order valence-electron chi connectivity index (χ4n) is 17.2. The molecule has 6 unspecified atom stereocenters. The monoisotopic (exact) mass is 1690 g/mol. The molecule has 4 aromatic carbocycles. The summed E-state index contributed by atoms with van der Waals surface area (Å²) in [6, 6.07) is 12.6. The lowest BCUT2D eigenvalue weighted by molar-refractivity contribution is 0.548. The third kappa shape index (κ3) is 47.8. The van der Waals surface area contributed by atoms with Crippen LogP contribution in [0.4, 0.5) is 0 Å². The molecule has 0 aromatic heterocycles. The molecule has 0 radical (unpaired) electrons. The molecule has 12 heteroatoms. The van der Waals surface area contributed by atoms with Crippen molar-refractivity contribution in [2.24, 2.45) is 0 Å². The summed E-state index contributed by atoms with van der Waals surface area (Å²) in [6.45, 7) is 13.7. The molecule has 0 fully saturated rings. The highest BCUT2D eigenvalue weighted by atomic mass is 32.2. The Labute approximate surface area is 720 Å². The Morgan fingerprint density at radius 1 is 0.132 bits per heavy atom. The molecule has 0 aliphatic carbocycles. The van der Waals surface area contributed by atoms with Gasteiger partial charge in [0, 0.05) is 34.5 Å². The van der Waals surface area contributed by atoms with Crippen LogP contribution >= 0.6 is 0 Å². The van der Waals surface area contributed by atoms with Gasteiger partial charge in [-0.2, -0.15) is 0 Å². The normalized spacial score (nSPS) is 13.6. The van der Waals surface area contributed by atoms with Crippen molar-refractivity contribution in [2.45, 2.75) is 533 Å². The number of hydrogen-bond donors (Lipinski definition) is 0. The van der Waals surface area contributed by atoms with Crippen molar-refractivity contribution in [3.8, 4) is 0 Å². The molecule has 6 nitrogen and oxygen atoms in total. The summed E-state index contributed by atoms with van der Waals surface area (Å²) in [6.07, 6.45) is 87.9. The molecule has 0 amide bonds. The second-order valence-electron chi connectivity index (χ2n) is 35.2. The van der Waals surface area contributed by atoms with Crippen LogP contribution in [-0.4, -0.2) is 59.8 Å². The Hall–Kier alpha value is -1.44. The highest BCUT2D eigenvalue weighted by Gasteiger charge is 2.26. The molecule has 660 valence electrons. The molecule has 0 bridgehead atoms. The van der Waals surface area contributed by atoms with E-state index in [1.807, 2.05) is 0 Å². The number of fused-ring (bicyclic) bond motifs is 6. The molecule has 0 aliphatic rings. The third-order valence-corrected chi connectivity index (χ3v) is 34.0. The predicted octanol–water partition coefficient (Wildman–Crippen LogP) is 34.0. The molecule has 6 atom stereocenters. The van der Waals surface area contributed by atoms with Gasteiger partial charge >= 0.3 is 0 Å². The van der Waals surface area contributed by atoms with E-state index in [-0.39, 0.29) is 0 Å². The topological polar surface area (TPSA) is 102 Å². The van der Waals surface area contributed by atoms with Crippen molar-refractivity contribution < 1.29 is 25.3 Å². The van der Waals surface area contributed by atoms with E-state index in [1.165, 1.54) is 347 Å². The van der Waals surface area contributed by atoms with Gasteiger partial charge in [0.15, 0.2) is 0 Å². The zero-order valence-corrected chi connectivity index (χ0v) is 80.4. The van der Waals surface area contributed by atoms with E-state index in [0.717, 1.165) is 148 Å². The maximum absolute atomic E-state index is 15.5. The molecule has 0 N–H and O–H groups in total. The van der Waals surface area contributed by atoms with Gasteiger partial charge in [-0.25, -0.2) is 0 Å². The standard InChI is InChI=1S/C102H180O6S6/c1-7-13-19-25-31-37-43-49-55-61-67-73-79-109(103)97-85-91-92(86-98(97)110(104)80-74-68-62-56-50-44-38-32-26-20-14-8-2)94-88-100(112(106)82-76-70-64-58-52-46-40-34-28-22-16-10-4)102(114(108)84-78-72-66-60-54-48-42-36-30-24-18-12-6)90-96(94)95-89-101(113(107)83-77-71-65-59-53-47-41-35-29-23-17-11-5)99(87-93(91)95)111(105)81-75-69-63-57-51-45-39-33-27-21-15-9-3/h85-90H,7-84H2,1-6H3. The van der Waals surface area contributed by atoms with Gasteiger partial charge in [-0.05, 0) is 107 Å². The van der Waals surface area contributed by atoms with Gasteiger partial charge in [0.2, 0.25) is 0 Å². The largest absolute Gasteiger partial charge is 0.254 e. The van der Waals surface area contributed by atoms with Gasteiger partial charge in [0.25, 0.3) is 0 Å². The van der Waals surface area contributed by atoms with Gasteiger partial charge in [-0.15, -0.1) is 0 Å². The maximum Gasteiger partial charge on any atom is 0.0556 e. The van der Waals surface area contributed by atoms with Crippen LogP contribution in [0.3, 0.4) is 0 Å². The fraction of sp³-hybridized carbons (Fsp3) is 0.824. The van der Waals surface area contributed by atoms with Crippen LogP contribution in [0.5, 0.6) is 0 Å². The molecule has 0 heterocycles. The highest BCUT2D eigenvalue weighted by molar-refractivity contribution is 7.89. The molecule has 0 saturated carbocycles. The quantitative estimate of drug-likeness (QED) is 0.0322. The third-order valence-electron chi connectivity index (χ3n) is 24.7. The minimum absolute atomic E-state index is 0.491. The SMILES string of the molecule is CCCCCCCCCCCCCCS(=O)c1cc2c3cc(S(=O)CCCCCCCCCCCCCC)c(S(=O)CCCCCCCCCCCCCC)cc3c3cc(S(=O)CCCCCCCCCCCCCC)c(S(=O)CCCCCCCCCCCCCC)cc3c2cc1S(=O)CCCCCCCCCCCCCC. The van der Waals surface area contributed by atoms with Crippen molar-refractivity contribution in [1.29, 1.82) is 0 Å². The van der Waals surface area contributed by atoms with Crippen LogP contribution in [0.2, 0.25) is 0 Å². The first-order valence-electron chi connectivity index (χ1n) is 49.9. The van der Waals surface area contributed by atoms with Gasteiger partial charge in [0.05, 0.1) is 94.2 Å². The lowest BCUT2D eigenvalue weighted by atomic mass is 9.94. The van der Waals surface area contributed by atoms with Gasteiger partial charge in [-0.3, -0.25) is 25.3 Å². The summed E-state index contributed by atoms with van der Waals surface area (Å²) < 4.78 is 93.0. The first-order chi connectivity index (χ1) is 56.1. The smallest absolute Gasteiger partial charge is 0.0556 e. The maximum atomic E-state index is 15.5. The summed E-state index contributed by atoms with van der Waals surface area (Å²) in [7, 11) is -8.76. The van der Waals surface area contributed by atoms with E-state index in [9.17, 15) is 0 Å². The first-order valence-corrected chi connectivity index (χ1v) is 57.8. The van der Waals surface area contributed by atoms with Crippen LogP contribution in [-0.2, 0) is 64.8 Å². The summed E-state index contributed by atoms with van der Waals surface area (Å²) in [5, 5.41) is 5.12. The van der Waals surface area contributed by atoms with Crippen molar-refractivity contribution in [3.05, 3.63) is 36.4 Å². The van der Waals surface area contributed by atoms with E-state index >= 15 is 25.3 Å². The Morgan fingerprint density at radius 2 is 0.211 bits per heavy atom. The van der Waals surface area contributed by atoms with E-state index < -0.39 is 64.8 Å². The first kappa shape index (κ1) is 105. The lowest BCUT2D eigenvalue weighted by Crippen LogP contribution is -2.09. The summed E-state index contributed by atoms with van der Waals surface area (Å²) in [4.78, 5) is 3.82. The molecule has 4 aromatic rings.